The van der Waals surface area contributed by atoms with E-state index in [1.165, 1.54) is 6.07 Å². The van der Waals surface area contributed by atoms with Crippen LogP contribution in [0.2, 0.25) is 0 Å². The molecule has 0 aliphatic carbocycles. The van der Waals surface area contributed by atoms with Crippen molar-refractivity contribution < 1.29 is 4.39 Å². The van der Waals surface area contributed by atoms with Gasteiger partial charge in [-0.05, 0) is 73.9 Å². The third kappa shape index (κ3) is 3.20. The molecule has 0 aromatic heterocycles. The van der Waals surface area contributed by atoms with Gasteiger partial charge in [-0.3, -0.25) is 0 Å². The van der Waals surface area contributed by atoms with E-state index in [1.807, 2.05) is 24.3 Å². The summed E-state index contributed by atoms with van der Waals surface area (Å²) < 4.78 is 14.7. The van der Waals surface area contributed by atoms with Crippen molar-refractivity contribution in [1.82, 2.24) is 0 Å². The molecular formula is C13H8BrClFI. The molecule has 1 atom stereocenters. The highest BCUT2D eigenvalue weighted by Gasteiger charge is 2.12. The molecule has 0 radical (unpaired) electrons. The lowest BCUT2D eigenvalue weighted by atomic mass is 10.0. The molecule has 2 rings (SSSR count). The number of alkyl halides is 1. The topological polar surface area (TPSA) is 0 Å². The van der Waals surface area contributed by atoms with Crippen molar-refractivity contribution in [2.24, 2.45) is 0 Å². The highest BCUT2D eigenvalue weighted by molar-refractivity contribution is 14.1. The van der Waals surface area contributed by atoms with E-state index in [9.17, 15) is 4.39 Å². The molecule has 1 unspecified atom stereocenters. The first-order valence-electron chi connectivity index (χ1n) is 4.92. The molecule has 0 amide bonds. The summed E-state index contributed by atoms with van der Waals surface area (Å²) in [7, 11) is 0. The Kier molecular flexibility index (Phi) is 4.44. The maximum Gasteiger partial charge on any atom is 0.137 e. The molecule has 2 aromatic rings. The Balaban J connectivity index is 2.33. The second kappa shape index (κ2) is 5.67. The van der Waals surface area contributed by atoms with Crippen LogP contribution in [0.1, 0.15) is 16.5 Å². The Labute approximate surface area is 126 Å². The molecular weight excluding hydrogens is 417 g/mol. The summed E-state index contributed by atoms with van der Waals surface area (Å²) in [6.45, 7) is 0. The minimum atomic E-state index is -0.278. The molecule has 0 aliphatic heterocycles. The molecule has 0 heterocycles. The van der Waals surface area contributed by atoms with Crippen LogP contribution in [-0.2, 0) is 0 Å². The average Bonchev–Trinajstić information content (AvgIpc) is 2.33. The van der Waals surface area contributed by atoms with Gasteiger partial charge in [-0.25, -0.2) is 4.39 Å². The predicted molar refractivity (Wildman–Crippen MR) is 81.0 cm³/mol. The van der Waals surface area contributed by atoms with E-state index < -0.39 is 0 Å². The first-order chi connectivity index (χ1) is 8.08. The minimum Gasteiger partial charge on any atom is -0.206 e. The van der Waals surface area contributed by atoms with Crippen molar-refractivity contribution >= 4 is 50.1 Å². The molecule has 2 aromatic carbocycles. The summed E-state index contributed by atoms with van der Waals surface area (Å²) in [5.41, 5.74) is 1.88. The van der Waals surface area contributed by atoms with Crippen LogP contribution in [-0.4, -0.2) is 0 Å². The first kappa shape index (κ1) is 13.3. The van der Waals surface area contributed by atoms with Crippen molar-refractivity contribution in [3.8, 4) is 0 Å². The number of halogens is 4. The standard InChI is InChI=1S/C13H8BrClFI/c14-11-7-9(3-6-12(11)16)13(15)8-1-4-10(17)5-2-8/h1-7,13H. The predicted octanol–water partition coefficient (Wildman–Crippen LogP) is 5.52. The zero-order valence-electron chi connectivity index (χ0n) is 8.63. The zero-order valence-corrected chi connectivity index (χ0v) is 13.1. The highest BCUT2D eigenvalue weighted by atomic mass is 127. The lowest BCUT2D eigenvalue weighted by molar-refractivity contribution is 0.620. The van der Waals surface area contributed by atoms with Crippen LogP contribution in [0, 0.1) is 9.39 Å². The first-order valence-corrected chi connectivity index (χ1v) is 7.23. The summed E-state index contributed by atoms with van der Waals surface area (Å²) in [4.78, 5) is 0. The number of rotatable bonds is 2. The lowest BCUT2D eigenvalue weighted by Crippen LogP contribution is -1.94. The Morgan fingerprint density at radius 3 is 2.24 bits per heavy atom. The fraction of sp³-hybridized carbons (Fsp3) is 0.0769. The van der Waals surface area contributed by atoms with Gasteiger partial charge in [-0.2, -0.15) is 0 Å². The maximum atomic E-state index is 13.1. The van der Waals surface area contributed by atoms with Crippen molar-refractivity contribution in [3.05, 3.63) is 67.5 Å². The number of hydrogen-bond acceptors (Lipinski definition) is 0. The molecule has 0 saturated heterocycles. The quantitative estimate of drug-likeness (QED) is 0.439. The van der Waals surface area contributed by atoms with E-state index in [0.29, 0.717) is 4.47 Å². The fourth-order valence-electron chi connectivity index (χ4n) is 1.49. The van der Waals surface area contributed by atoms with Crippen LogP contribution in [0.3, 0.4) is 0 Å². The van der Waals surface area contributed by atoms with E-state index in [1.54, 1.807) is 12.1 Å². The van der Waals surface area contributed by atoms with Crippen LogP contribution < -0.4 is 0 Å². The molecule has 0 spiro atoms. The fourth-order valence-corrected chi connectivity index (χ4v) is 2.53. The van der Waals surface area contributed by atoms with E-state index in [0.717, 1.165) is 14.7 Å². The lowest BCUT2D eigenvalue weighted by Gasteiger charge is -2.11. The SMILES string of the molecule is Fc1ccc(C(Cl)c2ccc(I)cc2)cc1Br. The minimum absolute atomic E-state index is 0.260. The van der Waals surface area contributed by atoms with E-state index >= 15 is 0 Å². The molecule has 17 heavy (non-hydrogen) atoms. The molecule has 0 N–H and O–H groups in total. The van der Waals surface area contributed by atoms with Crippen LogP contribution in [0.5, 0.6) is 0 Å². The van der Waals surface area contributed by atoms with Gasteiger partial charge in [0, 0.05) is 3.57 Å². The molecule has 0 saturated carbocycles. The van der Waals surface area contributed by atoms with Crippen LogP contribution in [0.25, 0.3) is 0 Å². The normalized spacial score (nSPS) is 12.5. The monoisotopic (exact) mass is 424 g/mol. The second-order valence-corrected chi connectivity index (χ2v) is 6.12. The van der Waals surface area contributed by atoms with Gasteiger partial charge in [-0.15, -0.1) is 11.6 Å². The molecule has 88 valence electrons. The van der Waals surface area contributed by atoms with Gasteiger partial charge in [0.1, 0.15) is 5.82 Å². The largest absolute Gasteiger partial charge is 0.206 e. The van der Waals surface area contributed by atoms with Crippen LogP contribution >= 0.6 is 50.1 Å². The van der Waals surface area contributed by atoms with E-state index in [2.05, 4.69) is 38.5 Å². The summed E-state index contributed by atoms with van der Waals surface area (Å²) in [6, 6.07) is 12.8. The molecule has 0 nitrogen and oxygen atoms in total. The Hall–Kier alpha value is -0.130. The third-order valence-corrected chi connectivity index (χ3v) is 4.23. The molecule has 0 bridgehead atoms. The smallest absolute Gasteiger partial charge is 0.137 e. The number of hydrogen-bond donors (Lipinski definition) is 0. The van der Waals surface area contributed by atoms with Crippen molar-refractivity contribution in [2.75, 3.05) is 0 Å². The Morgan fingerprint density at radius 1 is 1.06 bits per heavy atom. The van der Waals surface area contributed by atoms with Crippen molar-refractivity contribution in [3.63, 3.8) is 0 Å². The van der Waals surface area contributed by atoms with Gasteiger partial charge in [0.25, 0.3) is 0 Å². The Morgan fingerprint density at radius 2 is 1.65 bits per heavy atom. The van der Waals surface area contributed by atoms with Crippen LogP contribution in [0.4, 0.5) is 4.39 Å². The van der Waals surface area contributed by atoms with E-state index in [4.69, 9.17) is 11.6 Å². The zero-order chi connectivity index (χ0) is 12.4. The molecule has 0 aliphatic rings. The Bertz CT molecular complexity index is 527. The number of benzene rings is 2. The van der Waals surface area contributed by atoms with Crippen molar-refractivity contribution in [1.29, 1.82) is 0 Å². The van der Waals surface area contributed by atoms with Gasteiger partial charge in [0.05, 0.1) is 9.85 Å². The average molecular weight is 425 g/mol. The van der Waals surface area contributed by atoms with E-state index in [-0.39, 0.29) is 11.2 Å². The highest BCUT2D eigenvalue weighted by Crippen LogP contribution is 2.31. The summed E-state index contributed by atoms with van der Waals surface area (Å²) in [5.74, 6) is -0.278. The summed E-state index contributed by atoms with van der Waals surface area (Å²) >= 11 is 11.8. The molecule has 4 heteroatoms. The summed E-state index contributed by atoms with van der Waals surface area (Å²) in [6.07, 6.45) is 0. The maximum absolute atomic E-state index is 13.1. The van der Waals surface area contributed by atoms with Crippen molar-refractivity contribution in [2.45, 2.75) is 5.38 Å². The third-order valence-electron chi connectivity index (χ3n) is 2.40. The second-order valence-electron chi connectivity index (χ2n) is 3.59. The van der Waals surface area contributed by atoms with Gasteiger partial charge in [0.15, 0.2) is 0 Å². The van der Waals surface area contributed by atoms with Crippen LogP contribution in [0.15, 0.2) is 46.9 Å². The van der Waals surface area contributed by atoms with Gasteiger partial charge in [0.2, 0.25) is 0 Å². The summed E-state index contributed by atoms with van der Waals surface area (Å²) in [5, 5.41) is -0.260. The van der Waals surface area contributed by atoms with Gasteiger partial charge in [-0.1, -0.05) is 18.2 Å². The van der Waals surface area contributed by atoms with Gasteiger partial charge >= 0.3 is 0 Å². The molecule has 0 fully saturated rings. The van der Waals surface area contributed by atoms with Gasteiger partial charge < -0.3 is 0 Å².